The van der Waals surface area contributed by atoms with Crippen LogP contribution in [0.3, 0.4) is 0 Å². The molecule has 0 fully saturated rings. The fourth-order valence-corrected chi connectivity index (χ4v) is 3.23. The molecule has 0 saturated carbocycles. The molecule has 3 rings (SSSR count). The third-order valence-electron chi connectivity index (χ3n) is 3.43. The Hall–Kier alpha value is -3.07. The van der Waals surface area contributed by atoms with E-state index in [1.807, 2.05) is 19.9 Å². The summed E-state index contributed by atoms with van der Waals surface area (Å²) in [7, 11) is -3.76. The van der Waals surface area contributed by atoms with Crippen LogP contribution in [0.5, 0.6) is 5.75 Å². The van der Waals surface area contributed by atoms with Crippen molar-refractivity contribution in [2.45, 2.75) is 31.4 Å². The third-order valence-corrected chi connectivity index (χ3v) is 4.80. The lowest BCUT2D eigenvalue weighted by molar-refractivity contribution is 0.242. The summed E-state index contributed by atoms with van der Waals surface area (Å²) < 4.78 is 38.0. The van der Waals surface area contributed by atoms with E-state index in [4.69, 9.17) is 9.15 Å². The first-order valence-electron chi connectivity index (χ1n) is 8.32. The Balaban J connectivity index is 1.63. The Labute approximate surface area is 157 Å². The maximum absolute atomic E-state index is 12.5. The first-order valence-corrected chi connectivity index (χ1v) is 9.80. The summed E-state index contributed by atoms with van der Waals surface area (Å²) in [6.45, 7) is 4.26. The predicted molar refractivity (Wildman–Crippen MR) is 101 cm³/mol. The van der Waals surface area contributed by atoms with Gasteiger partial charge in [0, 0.05) is 0 Å². The summed E-state index contributed by atoms with van der Waals surface area (Å²) in [5.74, 6) is 1.99. The van der Waals surface area contributed by atoms with Crippen molar-refractivity contribution in [2.75, 3.05) is 10.0 Å². The third kappa shape index (κ3) is 5.20. The molecule has 0 radical (unpaired) electrons. The van der Waals surface area contributed by atoms with E-state index in [-0.39, 0.29) is 16.8 Å². The van der Waals surface area contributed by atoms with Gasteiger partial charge in [0.2, 0.25) is 0 Å². The summed E-state index contributed by atoms with van der Waals surface area (Å²) in [5.41, 5.74) is 0. The summed E-state index contributed by atoms with van der Waals surface area (Å²) in [4.78, 5) is 0.112. The molecular weight excluding hydrogens is 368 g/mol. The van der Waals surface area contributed by atoms with Crippen LogP contribution in [0.25, 0.3) is 0 Å². The van der Waals surface area contributed by atoms with E-state index >= 15 is 0 Å². The van der Waals surface area contributed by atoms with Crippen LogP contribution in [0, 0.1) is 0 Å². The zero-order valence-corrected chi connectivity index (χ0v) is 15.7. The largest absolute Gasteiger partial charge is 0.491 e. The number of hydrogen-bond acceptors (Lipinski definition) is 7. The minimum atomic E-state index is -3.76. The van der Waals surface area contributed by atoms with E-state index in [9.17, 15) is 8.42 Å². The van der Waals surface area contributed by atoms with Gasteiger partial charge in [0.05, 0.1) is 23.8 Å². The van der Waals surface area contributed by atoms with Crippen LogP contribution in [0.4, 0.5) is 11.6 Å². The highest BCUT2D eigenvalue weighted by molar-refractivity contribution is 7.92. The first kappa shape index (κ1) is 18.7. The number of anilines is 2. The Bertz CT molecular complexity index is 954. The number of benzene rings is 1. The Morgan fingerprint density at radius 2 is 1.74 bits per heavy atom. The van der Waals surface area contributed by atoms with Crippen LogP contribution in [0.15, 0.2) is 64.1 Å². The number of nitrogens with zero attached hydrogens (tertiary/aromatic N) is 2. The molecule has 142 valence electrons. The van der Waals surface area contributed by atoms with E-state index in [2.05, 4.69) is 20.2 Å². The van der Waals surface area contributed by atoms with Crippen molar-refractivity contribution in [1.82, 2.24) is 10.2 Å². The number of furan rings is 1. The van der Waals surface area contributed by atoms with Crippen molar-refractivity contribution in [3.8, 4) is 5.75 Å². The number of aromatic nitrogens is 2. The molecule has 2 aromatic heterocycles. The molecule has 0 unspecified atom stereocenters. The second-order valence-electron chi connectivity index (χ2n) is 5.98. The quantitative estimate of drug-likeness (QED) is 0.610. The normalized spacial score (nSPS) is 11.4. The highest BCUT2D eigenvalue weighted by Crippen LogP contribution is 2.19. The van der Waals surface area contributed by atoms with Crippen molar-refractivity contribution in [1.29, 1.82) is 0 Å². The lowest BCUT2D eigenvalue weighted by Gasteiger charge is -2.11. The van der Waals surface area contributed by atoms with Crippen LogP contribution in [-0.4, -0.2) is 24.7 Å². The highest BCUT2D eigenvalue weighted by Gasteiger charge is 2.15. The van der Waals surface area contributed by atoms with E-state index in [0.717, 1.165) is 5.76 Å². The molecule has 9 heteroatoms. The van der Waals surface area contributed by atoms with Crippen molar-refractivity contribution in [3.63, 3.8) is 0 Å². The lowest BCUT2D eigenvalue weighted by Crippen LogP contribution is -2.14. The zero-order chi connectivity index (χ0) is 19.3. The predicted octanol–water partition coefficient (Wildman–Crippen LogP) is 3.27. The summed E-state index contributed by atoms with van der Waals surface area (Å²) in [5, 5.41) is 10.9. The number of rotatable bonds is 8. The van der Waals surface area contributed by atoms with E-state index in [1.165, 1.54) is 18.2 Å². The minimum absolute atomic E-state index is 0.0146. The van der Waals surface area contributed by atoms with Gasteiger partial charge in [0.1, 0.15) is 17.3 Å². The van der Waals surface area contributed by atoms with Crippen LogP contribution < -0.4 is 14.8 Å². The molecule has 0 aliphatic heterocycles. The maximum atomic E-state index is 12.5. The molecule has 8 nitrogen and oxygen atoms in total. The summed E-state index contributed by atoms with van der Waals surface area (Å²) in [6.07, 6.45) is 1.60. The molecule has 0 amide bonds. The monoisotopic (exact) mass is 388 g/mol. The maximum Gasteiger partial charge on any atom is 0.263 e. The van der Waals surface area contributed by atoms with Crippen molar-refractivity contribution in [3.05, 3.63) is 60.6 Å². The summed E-state index contributed by atoms with van der Waals surface area (Å²) >= 11 is 0. The molecular formula is C18H20N4O4S. The van der Waals surface area contributed by atoms with Crippen molar-refractivity contribution in [2.24, 2.45) is 0 Å². The molecule has 2 N–H and O–H groups in total. The van der Waals surface area contributed by atoms with Crippen LogP contribution >= 0.6 is 0 Å². The fourth-order valence-electron chi connectivity index (χ4n) is 2.24. The number of ether oxygens (including phenoxy) is 1. The Morgan fingerprint density at radius 1 is 1.04 bits per heavy atom. The number of sulfonamides is 1. The van der Waals surface area contributed by atoms with Gasteiger partial charge in [-0.1, -0.05) is 0 Å². The smallest absolute Gasteiger partial charge is 0.263 e. The minimum Gasteiger partial charge on any atom is -0.491 e. The van der Waals surface area contributed by atoms with Gasteiger partial charge in [-0.25, -0.2) is 8.42 Å². The van der Waals surface area contributed by atoms with E-state index < -0.39 is 10.0 Å². The fraction of sp³-hybridized carbons (Fsp3) is 0.222. The Morgan fingerprint density at radius 3 is 2.33 bits per heavy atom. The van der Waals surface area contributed by atoms with Gasteiger partial charge in [-0.2, -0.15) is 0 Å². The average Bonchev–Trinajstić information content (AvgIpc) is 3.14. The van der Waals surface area contributed by atoms with Gasteiger partial charge < -0.3 is 14.5 Å². The van der Waals surface area contributed by atoms with Gasteiger partial charge in [0.25, 0.3) is 10.0 Å². The van der Waals surface area contributed by atoms with Crippen LogP contribution in [-0.2, 0) is 16.6 Å². The zero-order valence-electron chi connectivity index (χ0n) is 14.9. The average molecular weight is 388 g/mol. The first-order chi connectivity index (χ1) is 12.9. The topological polar surface area (TPSA) is 106 Å². The molecule has 1 aromatic carbocycles. The van der Waals surface area contributed by atoms with Crippen LogP contribution in [0.1, 0.15) is 19.6 Å². The standard InChI is InChI=1S/C18H20N4O4S/c1-13(2)26-14-5-7-16(8-6-14)27(23,24)22-18-10-9-17(20-21-18)19-12-15-4-3-11-25-15/h3-11,13H,12H2,1-2H3,(H,19,20)(H,21,22). The number of hydrogen-bond donors (Lipinski definition) is 2. The van der Waals surface area contributed by atoms with Crippen molar-refractivity contribution >= 4 is 21.7 Å². The van der Waals surface area contributed by atoms with Gasteiger partial charge in [-0.05, 0) is 62.4 Å². The molecule has 0 atom stereocenters. The van der Waals surface area contributed by atoms with Gasteiger partial charge in [0.15, 0.2) is 5.82 Å². The molecule has 0 bridgehead atoms. The van der Waals surface area contributed by atoms with Crippen LogP contribution in [0.2, 0.25) is 0 Å². The second kappa shape index (κ2) is 8.09. The number of nitrogens with one attached hydrogen (secondary N) is 2. The SMILES string of the molecule is CC(C)Oc1ccc(S(=O)(=O)Nc2ccc(NCc3ccco3)nn2)cc1. The molecule has 0 aliphatic rings. The van der Waals surface area contributed by atoms with E-state index in [0.29, 0.717) is 18.1 Å². The van der Waals surface area contributed by atoms with E-state index in [1.54, 1.807) is 30.5 Å². The molecule has 0 saturated heterocycles. The summed E-state index contributed by atoms with van der Waals surface area (Å²) in [6, 6.07) is 13.0. The molecule has 2 heterocycles. The Kier molecular flexibility index (Phi) is 5.60. The molecule has 3 aromatic rings. The second-order valence-corrected chi connectivity index (χ2v) is 7.66. The van der Waals surface area contributed by atoms with Gasteiger partial charge >= 0.3 is 0 Å². The van der Waals surface area contributed by atoms with Gasteiger partial charge in [-0.3, -0.25) is 4.72 Å². The van der Waals surface area contributed by atoms with Crippen molar-refractivity contribution < 1.29 is 17.6 Å². The highest BCUT2D eigenvalue weighted by atomic mass is 32.2. The lowest BCUT2D eigenvalue weighted by atomic mass is 10.3. The molecule has 0 spiro atoms. The molecule has 27 heavy (non-hydrogen) atoms. The van der Waals surface area contributed by atoms with Gasteiger partial charge in [-0.15, -0.1) is 10.2 Å². The molecule has 0 aliphatic carbocycles.